The van der Waals surface area contributed by atoms with Gasteiger partial charge < -0.3 is 16.0 Å². The van der Waals surface area contributed by atoms with Crippen LogP contribution >= 0.6 is 0 Å². The molecule has 1 aliphatic heterocycles. The number of rotatable bonds is 2. The molecule has 0 saturated carbocycles. The minimum absolute atomic E-state index is 0.158. The standard InChI is InChI=1S/C13H19F2N5/c1-12(2,3)11-18-9(17)8(6-16)10(19-11)20-5-4-13(14,15)7-20/h6,16H,4-5,7H2,1-3H3,(H2,17,18,19). The Kier molecular flexibility index (Phi) is 3.39. The summed E-state index contributed by atoms with van der Waals surface area (Å²) in [5, 5.41) is 7.42. The quantitative estimate of drug-likeness (QED) is 0.816. The molecule has 20 heavy (non-hydrogen) atoms. The maximum absolute atomic E-state index is 13.4. The van der Waals surface area contributed by atoms with Crippen molar-refractivity contribution in [3.63, 3.8) is 0 Å². The average Bonchev–Trinajstić information content (AvgIpc) is 2.67. The van der Waals surface area contributed by atoms with Crippen LogP contribution in [0.15, 0.2) is 0 Å². The first-order valence-corrected chi connectivity index (χ1v) is 6.45. The number of hydrogen-bond donors (Lipinski definition) is 2. The van der Waals surface area contributed by atoms with Gasteiger partial charge in [-0.1, -0.05) is 20.8 Å². The molecular weight excluding hydrogens is 264 g/mol. The van der Waals surface area contributed by atoms with E-state index in [1.54, 1.807) is 0 Å². The maximum Gasteiger partial charge on any atom is 0.266 e. The molecule has 1 saturated heterocycles. The lowest BCUT2D eigenvalue weighted by Crippen LogP contribution is -2.29. The number of nitrogens with zero attached hydrogens (tertiary/aromatic N) is 3. The molecule has 0 radical (unpaired) electrons. The Balaban J connectivity index is 2.50. The predicted molar refractivity (Wildman–Crippen MR) is 74.8 cm³/mol. The monoisotopic (exact) mass is 283 g/mol. The van der Waals surface area contributed by atoms with Crippen molar-refractivity contribution < 1.29 is 8.78 Å². The molecule has 1 aromatic rings. The minimum atomic E-state index is -2.72. The zero-order valence-corrected chi connectivity index (χ0v) is 11.9. The third-order valence-corrected chi connectivity index (χ3v) is 3.24. The number of anilines is 2. The van der Waals surface area contributed by atoms with Crippen LogP contribution in [0.2, 0.25) is 0 Å². The van der Waals surface area contributed by atoms with Crippen molar-refractivity contribution in [1.29, 1.82) is 5.41 Å². The van der Waals surface area contributed by atoms with Crippen molar-refractivity contribution in [1.82, 2.24) is 9.97 Å². The van der Waals surface area contributed by atoms with Crippen LogP contribution in [0.5, 0.6) is 0 Å². The summed E-state index contributed by atoms with van der Waals surface area (Å²) in [6.07, 6.45) is 0.812. The Morgan fingerprint density at radius 2 is 2.00 bits per heavy atom. The SMILES string of the molecule is CC(C)(C)c1nc(N)c(C=N)c(N2CCC(F)(F)C2)n1. The highest BCUT2D eigenvalue weighted by molar-refractivity contribution is 5.90. The number of nitrogen functional groups attached to an aromatic ring is 1. The number of nitrogens with one attached hydrogen (secondary N) is 1. The third-order valence-electron chi connectivity index (χ3n) is 3.24. The fourth-order valence-electron chi connectivity index (χ4n) is 2.11. The van der Waals surface area contributed by atoms with Crippen LogP contribution in [0.4, 0.5) is 20.4 Å². The summed E-state index contributed by atoms with van der Waals surface area (Å²) >= 11 is 0. The molecule has 0 amide bonds. The van der Waals surface area contributed by atoms with Gasteiger partial charge in [-0.2, -0.15) is 0 Å². The summed E-state index contributed by atoms with van der Waals surface area (Å²) < 4.78 is 26.8. The number of hydrogen-bond acceptors (Lipinski definition) is 5. The Hall–Kier alpha value is -1.79. The normalized spacial score (nSPS) is 18.4. The van der Waals surface area contributed by atoms with Crippen LogP contribution in [0.3, 0.4) is 0 Å². The van der Waals surface area contributed by atoms with Gasteiger partial charge in [0.25, 0.3) is 5.92 Å². The van der Waals surface area contributed by atoms with Gasteiger partial charge in [0.15, 0.2) is 0 Å². The third kappa shape index (κ3) is 2.71. The highest BCUT2D eigenvalue weighted by Crippen LogP contribution is 2.33. The van der Waals surface area contributed by atoms with E-state index in [-0.39, 0.29) is 24.2 Å². The van der Waals surface area contributed by atoms with Crippen molar-refractivity contribution in [3.8, 4) is 0 Å². The van der Waals surface area contributed by atoms with Crippen LogP contribution in [0.25, 0.3) is 0 Å². The van der Waals surface area contributed by atoms with Crippen LogP contribution in [0, 0.1) is 5.41 Å². The van der Waals surface area contributed by atoms with Crippen LogP contribution < -0.4 is 10.6 Å². The maximum atomic E-state index is 13.4. The molecular formula is C13H19F2N5. The molecule has 2 rings (SSSR count). The largest absolute Gasteiger partial charge is 0.383 e. The van der Waals surface area contributed by atoms with Gasteiger partial charge >= 0.3 is 0 Å². The van der Waals surface area contributed by atoms with Gasteiger partial charge in [0.05, 0.1) is 12.1 Å². The fourth-order valence-corrected chi connectivity index (χ4v) is 2.11. The van der Waals surface area contributed by atoms with Crippen molar-refractivity contribution >= 4 is 17.9 Å². The molecule has 1 aliphatic rings. The topological polar surface area (TPSA) is 78.9 Å². The van der Waals surface area contributed by atoms with Crippen molar-refractivity contribution in [2.45, 2.75) is 38.5 Å². The molecule has 0 bridgehead atoms. The van der Waals surface area contributed by atoms with E-state index in [1.807, 2.05) is 20.8 Å². The molecule has 1 aromatic heterocycles. The van der Waals surface area contributed by atoms with Gasteiger partial charge in [0.2, 0.25) is 0 Å². The lowest BCUT2D eigenvalue weighted by Gasteiger charge is -2.24. The highest BCUT2D eigenvalue weighted by atomic mass is 19.3. The zero-order valence-electron chi connectivity index (χ0n) is 11.9. The smallest absolute Gasteiger partial charge is 0.266 e. The van der Waals surface area contributed by atoms with E-state index in [9.17, 15) is 8.78 Å². The Morgan fingerprint density at radius 3 is 2.45 bits per heavy atom. The van der Waals surface area contributed by atoms with E-state index in [1.165, 1.54) is 4.90 Å². The van der Waals surface area contributed by atoms with Crippen LogP contribution in [-0.4, -0.2) is 35.2 Å². The van der Waals surface area contributed by atoms with E-state index in [0.717, 1.165) is 6.21 Å². The second kappa shape index (κ2) is 4.64. The molecule has 1 fully saturated rings. The molecule has 110 valence electrons. The summed E-state index contributed by atoms with van der Waals surface area (Å²) in [6.45, 7) is 5.58. The summed E-state index contributed by atoms with van der Waals surface area (Å²) in [7, 11) is 0. The molecule has 0 unspecified atom stereocenters. The number of alkyl halides is 2. The predicted octanol–water partition coefficient (Wildman–Crippen LogP) is 2.20. The first-order chi connectivity index (χ1) is 9.14. The summed E-state index contributed by atoms with van der Waals surface area (Å²) in [5.74, 6) is -1.74. The number of halogens is 2. The lowest BCUT2D eigenvalue weighted by molar-refractivity contribution is 0.0256. The zero-order chi connectivity index (χ0) is 15.1. The molecule has 5 nitrogen and oxygen atoms in total. The van der Waals surface area contributed by atoms with Crippen LogP contribution in [-0.2, 0) is 5.41 Å². The highest BCUT2D eigenvalue weighted by Gasteiger charge is 2.40. The minimum Gasteiger partial charge on any atom is -0.383 e. The molecule has 0 aliphatic carbocycles. The van der Waals surface area contributed by atoms with E-state index < -0.39 is 12.5 Å². The summed E-state index contributed by atoms with van der Waals surface area (Å²) in [4.78, 5) is 10.0. The Morgan fingerprint density at radius 1 is 1.35 bits per heavy atom. The van der Waals surface area contributed by atoms with Gasteiger partial charge in [-0.05, 0) is 0 Å². The molecule has 0 spiro atoms. The molecule has 0 atom stereocenters. The fraction of sp³-hybridized carbons (Fsp3) is 0.615. The molecule has 2 heterocycles. The summed E-state index contributed by atoms with van der Waals surface area (Å²) in [5.41, 5.74) is 5.81. The van der Waals surface area contributed by atoms with E-state index in [4.69, 9.17) is 11.1 Å². The molecule has 7 heteroatoms. The van der Waals surface area contributed by atoms with Crippen molar-refractivity contribution in [2.24, 2.45) is 0 Å². The first kappa shape index (κ1) is 14.6. The second-order valence-corrected chi connectivity index (χ2v) is 6.09. The van der Waals surface area contributed by atoms with E-state index in [0.29, 0.717) is 17.2 Å². The second-order valence-electron chi connectivity index (χ2n) is 6.09. The van der Waals surface area contributed by atoms with Crippen LogP contribution in [0.1, 0.15) is 38.6 Å². The first-order valence-electron chi connectivity index (χ1n) is 6.45. The molecule has 0 aromatic carbocycles. The Labute approximate surface area is 116 Å². The molecule has 3 N–H and O–H groups in total. The average molecular weight is 283 g/mol. The van der Waals surface area contributed by atoms with Crippen molar-refractivity contribution in [2.75, 3.05) is 23.7 Å². The number of nitrogens with two attached hydrogens (primary N) is 1. The van der Waals surface area contributed by atoms with Gasteiger partial charge in [0, 0.05) is 24.6 Å². The Bertz CT molecular complexity index is 536. The van der Waals surface area contributed by atoms with Crippen molar-refractivity contribution in [3.05, 3.63) is 11.4 Å². The lowest BCUT2D eigenvalue weighted by atomic mass is 9.95. The van der Waals surface area contributed by atoms with Gasteiger partial charge in [0.1, 0.15) is 17.5 Å². The summed E-state index contributed by atoms with van der Waals surface area (Å²) in [6, 6.07) is 0. The van der Waals surface area contributed by atoms with E-state index in [2.05, 4.69) is 9.97 Å². The van der Waals surface area contributed by atoms with Gasteiger partial charge in [-0.25, -0.2) is 18.7 Å². The van der Waals surface area contributed by atoms with Gasteiger partial charge in [-0.3, -0.25) is 0 Å². The number of aromatic nitrogens is 2. The van der Waals surface area contributed by atoms with E-state index >= 15 is 0 Å². The van der Waals surface area contributed by atoms with Gasteiger partial charge in [-0.15, -0.1) is 0 Å².